The molecule has 0 aliphatic carbocycles. The lowest BCUT2D eigenvalue weighted by Crippen LogP contribution is -2.53. The van der Waals surface area contributed by atoms with Crippen molar-refractivity contribution in [1.82, 2.24) is 10.4 Å². The van der Waals surface area contributed by atoms with Gasteiger partial charge in [-0.2, -0.15) is 0 Å². The molecule has 2 aromatic carbocycles. The molecule has 1 atom stereocenters. The highest BCUT2D eigenvalue weighted by Gasteiger charge is 2.50. The molecule has 0 spiro atoms. The topological polar surface area (TPSA) is 114 Å². The molecule has 10 heteroatoms. The molecule has 34 heavy (non-hydrogen) atoms. The zero-order chi connectivity index (χ0) is 24.6. The number of morpholine rings is 1. The van der Waals surface area contributed by atoms with Crippen LogP contribution in [0.25, 0.3) is 0 Å². The number of hydroxylamine groups is 1. The molecule has 2 N–H and O–H groups in total. The highest BCUT2D eigenvalue weighted by atomic mass is 32.2. The monoisotopic (exact) mass is 492 g/mol. The maximum atomic E-state index is 13.6. The number of carbonyl (C=O) groups is 1. The average Bonchev–Trinajstić information content (AvgIpc) is 2.88. The summed E-state index contributed by atoms with van der Waals surface area (Å²) >= 11 is 0. The Kier molecular flexibility index (Phi) is 8.90. The van der Waals surface area contributed by atoms with Gasteiger partial charge in [0.2, 0.25) is 0 Å². The predicted molar refractivity (Wildman–Crippen MR) is 126 cm³/mol. The van der Waals surface area contributed by atoms with Crippen LogP contribution >= 0.6 is 0 Å². The Morgan fingerprint density at radius 1 is 1.09 bits per heavy atom. The van der Waals surface area contributed by atoms with E-state index in [2.05, 4.69) is 4.90 Å². The molecular formula is C24H32N2O7S. The van der Waals surface area contributed by atoms with Crippen molar-refractivity contribution in [2.45, 2.75) is 29.4 Å². The largest absolute Gasteiger partial charge is 0.497 e. The van der Waals surface area contributed by atoms with E-state index < -0.39 is 20.5 Å². The lowest BCUT2D eigenvalue weighted by molar-refractivity contribution is -0.132. The summed E-state index contributed by atoms with van der Waals surface area (Å²) in [7, 11) is -2.68. The van der Waals surface area contributed by atoms with Crippen LogP contribution in [0.5, 0.6) is 11.5 Å². The van der Waals surface area contributed by atoms with Crippen LogP contribution in [0.15, 0.2) is 53.4 Å². The zero-order valence-electron chi connectivity index (χ0n) is 19.5. The van der Waals surface area contributed by atoms with Crippen molar-refractivity contribution in [2.75, 3.05) is 46.6 Å². The minimum absolute atomic E-state index is 0.0261. The Hall–Kier alpha value is -2.66. The summed E-state index contributed by atoms with van der Waals surface area (Å²) in [6.07, 6.45) is -0.149. The second-order valence-corrected chi connectivity index (χ2v) is 10.4. The van der Waals surface area contributed by atoms with Gasteiger partial charge >= 0.3 is 0 Å². The second kappa shape index (κ2) is 11.7. The lowest BCUT2D eigenvalue weighted by Gasteiger charge is -2.30. The molecule has 186 valence electrons. The average molecular weight is 493 g/mol. The first kappa shape index (κ1) is 26.0. The maximum absolute atomic E-state index is 13.6. The number of nitrogens with zero attached hydrogens (tertiary/aromatic N) is 1. The molecule has 0 bridgehead atoms. The predicted octanol–water partition coefficient (Wildman–Crippen LogP) is 2.08. The van der Waals surface area contributed by atoms with Gasteiger partial charge in [0.15, 0.2) is 14.6 Å². The molecule has 3 rings (SSSR count). The third-order valence-electron chi connectivity index (χ3n) is 6.16. The number of sulfone groups is 1. The van der Waals surface area contributed by atoms with E-state index in [0.29, 0.717) is 23.7 Å². The van der Waals surface area contributed by atoms with Crippen LogP contribution in [-0.2, 0) is 25.8 Å². The van der Waals surface area contributed by atoms with E-state index >= 15 is 0 Å². The summed E-state index contributed by atoms with van der Waals surface area (Å²) in [5.74, 6) is 0.178. The molecule has 1 unspecified atom stereocenters. The number of nitrogens with one attached hydrogen (secondary N) is 1. The van der Waals surface area contributed by atoms with E-state index in [0.717, 1.165) is 32.8 Å². The molecule has 0 radical (unpaired) electrons. The number of amides is 1. The normalized spacial score (nSPS) is 16.4. The quantitative estimate of drug-likeness (QED) is 0.362. The summed E-state index contributed by atoms with van der Waals surface area (Å²) in [6, 6.07) is 12.8. The van der Waals surface area contributed by atoms with Crippen LogP contribution in [-0.4, -0.2) is 75.7 Å². The first-order chi connectivity index (χ1) is 16.4. The van der Waals surface area contributed by atoms with Crippen LogP contribution in [0.1, 0.15) is 18.9 Å². The molecular weight excluding hydrogens is 460 g/mol. The van der Waals surface area contributed by atoms with E-state index in [1.54, 1.807) is 36.7 Å². The van der Waals surface area contributed by atoms with Gasteiger partial charge in [-0.05, 0) is 48.4 Å². The van der Waals surface area contributed by atoms with Crippen molar-refractivity contribution < 1.29 is 32.6 Å². The lowest BCUT2D eigenvalue weighted by atomic mass is 9.95. The Morgan fingerprint density at radius 2 is 1.71 bits per heavy atom. The van der Waals surface area contributed by atoms with Crippen LogP contribution in [0.4, 0.5) is 0 Å². The number of rotatable bonds is 11. The van der Waals surface area contributed by atoms with Crippen molar-refractivity contribution in [3.63, 3.8) is 0 Å². The van der Waals surface area contributed by atoms with Crippen molar-refractivity contribution in [3.8, 4) is 11.5 Å². The van der Waals surface area contributed by atoms with Gasteiger partial charge in [0.1, 0.15) is 18.1 Å². The molecule has 2 aromatic rings. The smallest absolute Gasteiger partial charge is 0.265 e. The van der Waals surface area contributed by atoms with Crippen LogP contribution in [0.3, 0.4) is 0 Å². The number of methoxy groups -OCH3 is 1. The van der Waals surface area contributed by atoms with Gasteiger partial charge in [-0.3, -0.25) is 14.9 Å². The van der Waals surface area contributed by atoms with E-state index in [1.807, 2.05) is 0 Å². The van der Waals surface area contributed by atoms with Gasteiger partial charge in [0, 0.05) is 26.1 Å². The summed E-state index contributed by atoms with van der Waals surface area (Å²) in [5.41, 5.74) is 2.19. The highest BCUT2D eigenvalue weighted by molar-refractivity contribution is 7.93. The first-order valence-corrected chi connectivity index (χ1v) is 12.7. The van der Waals surface area contributed by atoms with Crippen molar-refractivity contribution >= 4 is 15.7 Å². The fourth-order valence-electron chi connectivity index (χ4n) is 4.01. The van der Waals surface area contributed by atoms with Crippen LogP contribution < -0.4 is 15.0 Å². The van der Waals surface area contributed by atoms with Crippen molar-refractivity contribution in [3.05, 3.63) is 54.1 Å². The molecule has 0 aromatic heterocycles. The number of carbonyl (C=O) groups excluding carboxylic acids is 1. The van der Waals surface area contributed by atoms with Crippen molar-refractivity contribution in [1.29, 1.82) is 0 Å². The Bertz CT molecular complexity index is 1040. The Labute approximate surface area is 200 Å². The Morgan fingerprint density at radius 3 is 2.26 bits per heavy atom. The minimum atomic E-state index is -4.16. The fraction of sp³-hybridized carbons (Fsp3) is 0.458. The zero-order valence-corrected chi connectivity index (χ0v) is 20.3. The molecule has 1 aliphatic heterocycles. The molecule has 1 amide bonds. The maximum Gasteiger partial charge on any atom is 0.265 e. The van der Waals surface area contributed by atoms with Gasteiger partial charge < -0.3 is 14.2 Å². The second-order valence-electron chi connectivity index (χ2n) is 8.09. The third-order valence-corrected chi connectivity index (χ3v) is 8.70. The summed E-state index contributed by atoms with van der Waals surface area (Å²) < 4.78 is 41.6. The standard InChI is InChI=1S/C24H32N2O7S/c1-3-24(23(27)25-28,34(29,30)22-10-8-20(31-2)9-11-22)18-19-4-6-21(7-5-19)33-17-14-26-12-15-32-16-13-26/h4-11,28H,3,12-18H2,1-2H3,(H,25,27). The van der Waals surface area contributed by atoms with E-state index in [9.17, 15) is 18.4 Å². The molecule has 0 saturated carbocycles. The first-order valence-electron chi connectivity index (χ1n) is 11.2. The van der Waals surface area contributed by atoms with E-state index in [4.69, 9.17) is 14.2 Å². The molecule has 1 saturated heterocycles. The number of hydrogen-bond donors (Lipinski definition) is 2. The number of benzene rings is 2. The number of ether oxygens (including phenoxy) is 3. The fourth-order valence-corrected chi connectivity index (χ4v) is 5.98. The van der Waals surface area contributed by atoms with Crippen LogP contribution in [0, 0.1) is 0 Å². The van der Waals surface area contributed by atoms with Gasteiger partial charge in [0.25, 0.3) is 5.91 Å². The van der Waals surface area contributed by atoms with Gasteiger partial charge in [0.05, 0.1) is 25.2 Å². The third kappa shape index (κ3) is 5.69. The molecule has 1 aliphatic rings. The summed E-state index contributed by atoms with van der Waals surface area (Å²) in [4.78, 5) is 15.0. The summed E-state index contributed by atoms with van der Waals surface area (Å²) in [6.45, 7) is 6.16. The molecule has 1 heterocycles. The van der Waals surface area contributed by atoms with E-state index in [-0.39, 0.29) is 17.7 Å². The molecule has 1 fully saturated rings. The summed E-state index contributed by atoms with van der Waals surface area (Å²) in [5, 5.41) is 9.40. The van der Waals surface area contributed by atoms with Gasteiger partial charge in [-0.15, -0.1) is 0 Å². The SMILES string of the molecule is CCC(Cc1ccc(OCCN2CCOCC2)cc1)(C(=O)NO)S(=O)(=O)c1ccc(OC)cc1. The van der Waals surface area contributed by atoms with Crippen LogP contribution in [0.2, 0.25) is 0 Å². The Balaban J connectivity index is 1.76. The van der Waals surface area contributed by atoms with Crippen molar-refractivity contribution in [2.24, 2.45) is 0 Å². The highest BCUT2D eigenvalue weighted by Crippen LogP contribution is 2.34. The van der Waals surface area contributed by atoms with Gasteiger partial charge in [-0.1, -0.05) is 19.1 Å². The number of hydrogen-bond acceptors (Lipinski definition) is 8. The van der Waals surface area contributed by atoms with E-state index in [1.165, 1.54) is 31.4 Å². The molecule has 9 nitrogen and oxygen atoms in total. The minimum Gasteiger partial charge on any atom is -0.497 e. The van der Waals surface area contributed by atoms with Gasteiger partial charge in [-0.25, -0.2) is 13.9 Å².